The molecular formula is C15H15NO3. The van der Waals surface area contributed by atoms with Crippen molar-refractivity contribution in [2.45, 2.75) is 20.3 Å². The van der Waals surface area contributed by atoms with Gasteiger partial charge in [-0.15, -0.1) is 0 Å². The molecular weight excluding hydrogens is 242 g/mol. The minimum Gasteiger partial charge on any atom is -0.384 e. The van der Waals surface area contributed by atoms with Gasteiger partial charge in [0, 0.05) is 12.0 Å². The first-order valence-corrected chi connectivity index (χ1v) is 6.03. The number of amides is 2. The maximum Gasteiger partial charge on any atom is 0.239 e. The highest BCUT2D eigenvalue weighted by molar-refractivity contribution is 6.22. The minimum atomic E-state index is -0.672. The molecule has 1 heterocycles. The number of carbonyl (C=O) groups is 2. The first kappa shape index (κ1) is 13.3. The molecule has 1 saturated heterocycles. The summed E-state index contributed by atoms with van der Waals surface area (Å²) in [6.07, 6.45) is 0.202. The second-order valence-electron chi connectivity index (χ2n) is 5.07. The molecule has 19 heavy (non-hydrogen) atoms. The summed E-state index contributed by atoms with van der Waals surface area (Å²) in [7, 11) is 0. The summed E-state index contributed by atoms with van der Waals surface area (Å²) in [6, 6.07) is 6.95. The number of imide groups is 1. The number of hydrogen-bond acceptors (Lipinski definition) is 3. The fraction of sp³-hybridized carbons (Fsp3) is 0.333. The third kappa shape index (κ3) is 2.38. The molecule has 1 N–H and O–H groups in total. The molecule has 1 aromatic carbocycles. The van der Waals surface area contributed by atoms with Gasteiger partial charge in [-0.25, -0.2) is 4.90 Å². The Morgan fingerprint density at radius 1 is 1.32 bits per heavy atom. The van der Waals surface area contributed by atoms with Crippen LogP contribution in [0.5, 0.6) is 0 Å². The molecule has 98 valence electrons. The van der Waals surface area contributed by atoms with Crippen molar-refractivity contribution >= 4 is 17.5 Å². The summed E-state index contributed by atoms with van der Waals surface area (Å²) >= 11 is 0. The molecule has 0 aliphatic carbocycles. The Bertz CT molecular complexity index is 593. The summed E-state index contributed by atoms with van der Waals surface area (Å²) in [5.74, 6) is 4.87. The van der Waals surface area contributed by atoms with Crippen LogP contribution in [0.3, 0.4) is 0 Å². The van der Waals surface area contributed by atoms with E-state index in [1.807, 2.05) is 0 Å². The van der Waals surface area contributed by atoms with Gasteiger partial charge in [0.15, 0.2) is 0 Å². The predicted molar refractivity (Wildman–Crippen MR) is 71.3 cm³/mol. The largest absolute Gasteiger partial charge is 0.384 e. The van der Waals surface area contributed by atoms with Gasteiger partial charge < -0.3 is 5.11 Å². The number of nitrogens with zero attached hydrogens (tertiary/aromatic N) is 1. The summed E-state index contributed by atoms with van der Waals surface area (Å²) in [6.45, 7) is 3.26. The van der Waals surface area contributed by atoms with Crippen molar-refractivity contribution < 1.29 is 14.7 Å². The molecule has 1 aliphatic heterocycles. The lowest BCUT2D eigenvalue weighted by atomic mass is 9.92. The van der Waals surface area contributed by atoms with E-state index in [1.165, 1.54) is 4.90 Å². The molecule has 0 saturated carbocycles. The number of aliphatic hydroxyl groups is 1. The van der Waals surface area contributed by atoms with Crippen LogP contribution in [0.2, 0.25) is 0 Å². The standard InChI is InChI=1S/C15H15NO3/c1-15(2)10-13(18)16(14(15)19)12-8-4-3-6-11(12)7-5-9-17/h3-4,6,8,17H,9-10H2,1-2H3. The maximum atomic E-state index is 12.3. The predicted octanol–water partition coefficient (Wildman–Crippen LogP) is 1.32. The van der Waals surface area contributed by atoms with E-state index in [1.54, 1.807) is 38.1 Å². The number of rotatable bonds is 1. The molecule has 2 rings (SSSR count). The molecule has 4 heteroatoms. The zero-order valence-electron chi connectivity index (χ0n) is 10.9. The molecule has 4 nitrogen and oxygen atoms in total. The quantitative estimate of drug-likeness (QED) is 0.610. The zero-order valence-corrected chi connectivity index (χ0v) is 10.9. The normalized spacial score (nSPS) is 17.3. The van der Waals surface area contributed by atoms with Gasteiger partial charge in [0.05, 0.1) is 11.1 Å². The fourth-order valence-corrected chi connectivity index (χ4v) is 2.10. The number of anilines is 1. The van der Waals surface area contributed by atoms with E-state index in [0.717, 1.165) is 0 Å². The number of carbonyl (C=O) groups excluding carboxylic acids is 2. The van der Waals surface area contributed by atoms with E-state index < -0.39 is 5.41 Å². The van der Waals surface area contributed by atoms with E-state index in [0.29, 0.717) is 11.3 Å². The molecule has 0 atom stereocenters. The van der Waals surface area contributed by atoms with Crippen LogP contribution in [0.15, 0.2) is 24.3 Å². The maximum absolute atomic E-state index is 12.3. The Morgan fingerprint density at radius 3 is 2.58 bits per heavy atom. The van der Waals surface area contributed by atoms with Gasteiger partial charge in [-0.05, 0) is 12.1 Å². The molecule has 0 spiro atoms. The lowest BCUT2D eigenvalue weighted by Gasteiger charge is -2.19. The zero-order chi connectivity index (χ0) is 14.0. The van der Waals surface area contributed by atoms with E-state index in [9.17, 15) is 9.59 Å². The SMILES string of the molecule is CC1(C)CC(=O)N(c2ccccc2C#CCO)C1=O. The molecule has 0 unspecified atom stereocenters. The first-order valence-electron chi connectivity index (χ1n) is 6.03. The Morgan fingerprint density at radius 2 is 2.00 bits per heavy atom. The number of benzene rings is 1. The number of aliphatic hydroxyl groups excluding tert-OH is 1. The lowest BCUT2D eigenvalue weighted by Crippen LogP contribution is -2.33. The van der Waals surface area contributed by atoms with E-state index in [-0.39, 0.29) is 24.8 Å². The Balaban J connectivity index is 2.48. The van der Waals surface area contributed by atoms with Crippen LogP contribution >= 0.6 is 0 Å². The highest BCUT2D eigenvalue weighted by Crippen LogP contribution is 2.36. The smallest absolute Gasteiger partial charge is 0.239 e. The van der Waals surface area contributed by atoms with Crippen molar-refractivity contribution in [2.75, 3.05) is 11.5 Å². The first-order chi connectivity index (χ1) is 8.97. The van der Waals surface area contributed by atoms with Crippen LogP contribution in [0.1, 0.15) is 25.8 Å². The average molecular weight is 257 g/mol. The van der Waals surface area contributed by atoms with Crippen LogP contribution in [0.25, 0.3) is 0 Å². The summed E-state index contributed by atoms with van der Waals surface area (Å²) in [4.78, 5) is 25.5. The van der Waals surface area contributed by atoms with Gasteiger partial charge in [-0.1, -0.05) is 37.8 Å². The third-order valence-corrected chi connectivity index (χ3v) is 3.07. The highest BCUT2D eigenvalue weighted by atomic mass is 16.2. The van der Waals surface area contributed by atoms with Gasteiger partial charge in [0.25, 0.3) is 0 Å². The van der Waals surface area contributed by atoms with E-state index >= 15 is 0 Å². The average Bonchev–Trinajstić information content (AvgIpc) is 2.56. The highest BCUT2D eigenvalue weighted by Gasteiger charge is 2.45. The monoisotopic (exact) mass is 257 g/mol. The van der Waals surface area contributed by atoms with Crippen LogP contribution < -0.4 is 4.90 Å². The molecule has 0 radical (unpaired) electrons. The molecule has 0 bridgehead atoms. The second kappa shape index (κ2) is 4.87. The Hall–Kier alpha value is -2.12. The van der Waals surface area contributed by atoms with Crippen LogP contribution in [-0.4, -0.2) is 23.5 Å². The van der Waals surface area contributed by atoms with Gasteiger partial charge in [-0.3, -0.25) is 9.59 Å². The van der Waals surface area contributed by atoms with Crippen molar-refractivity contribution in [2.24, 2.45) is 5.41 Å². The molecule has 1 fully saturated rings. The fourth-order valence-electron chi connectivity index (χ4n) is 2.10. The van der Waals surface area contributed by atoms with Crippen LogP contribution in [0, 0.1) is 17.3 Å². The van der Waals surface area contributed by atoms with Gasteiger partial charge in [0.2, 0.25) is 11.8 Å². The van der Waals surface area contributed by atoms with Crippen molar-refractivity contribution in [1.82, 2.24) is 0 Å². The van der Waals surface area contributed by atoms with Gasteiger partial charge in [0.1, 0.15) is 6.61 Å². The summed E-state index contributed by atoms with van der Waals surface area (Å²) < 4.78 is 0. The Kier molecular flexibility index (Phi) is 3.41. The van der Waals surface area contributed by atoms with Crippen molar-refractivity contribution in [3.63, 3.8) is 0 Å². The molecule has 2 amide bonds. The van der Waals surface area contributed by atoms with Crippen molar-refractivity contribution in [1.29, 1.82) is 0 Å². The second-order valence-corrected chi connectivity index (χ2v) is 5.07. The van der Waals surface area contributed by atoms with Crippen molar-refractivity contribution in [3.8, 4) is 11.8 Å². The van der Waals surface area contributed by atoms with Crippen LogP contribution in [0.4, 0.5) is 5.69 Å². The Labute approximate surface area is 112 Å². The molecule has 0 aromatic heterocycles. The van der Waals surface area contributed by atoms with Crippen molar-refractivity contribution in [3.05, 3.63) is 29.8 Å². The van der Waals surface area contributed by atoms with E-state index in [2.05, 4.69) is 11.8 Å². The summed E-state index contributed by atoms with van der Waals surface area (Å²) in [5, 5.41) is 8.75. The number of para-hydroxylation sites is 1. The lowest BCUT2D eigenvalue weighted by molar-refractivity contribution is -0.124. The minimum absolute atomic E-state index is 0.202. The van der Waals surface area contributed by atoms with E-state index in [4.69, 9.17) is 5.11 Å². The molecule has 1 aliphatic rings. The summed E-state index contributed by atoms with van der Waals surface area (Å²) in [5.41, 5.74) is 0.384. The van der Waals surface area contributed by atoms with Crippen LogP contribution in [-0.2, 0) is 9.59 Å². The topological polar surface area (TPSA) is 57.6 Å². The van der Waals surface area contributed by atoms with Gasteiger partial charge in [-0.2, -0.15) is 0 Å². The third-order valence-electron chi connectivity index (χ3n) is 3.07. The van der Waals surface area contributed by atoms with Gasteiger partial charge >= 0.3 is 0 Å². The number of hydrogen-bond donors (Lipinski definition) is 1. The molecule has 1 aromatic rings.